The van der Waals surface area contributed by atoms with Crippen LogP contribution in [0.4, 0.5) is 0 Å². The van der Waals surface area contributed by atoms with E-state index in [-0.39, 0.29) is 12.5 Å². The van der Waals surface area contributed by atoms with E-state index in [0.717, 1.165) is 51.4 Å². The fourth-order valence-electron chi connectivity index (χ4n) is 5.87. The summed E-state index contributed by atoms with van der Waals surface area (Å²) in [6.45, 7) is 4.13. The first-order chi connectivity index (χ1) is 25.2. The zero-order chi connectivity index (χ0) is 37.1. The van der Waals surface area contributed by atoms with Crippen LogP contribution in [0.15, 0.2) is 85.1 Å². The highest BCUT2D eigenvalue weighted by Gasteiger charge is 2.17. The van der Waals surface area contributed by atoms with Crippen molar-refractivity contribution in [3.63, 3.8) is 0 Å². The molecule has 292 valence electrons. The fourth-order valence-corrected chi connectivity index (χ4v) is 5.87. The molecule has 2 atom stereocenters. The number of aliphatic hydroxyl groups excluding tert-OH is 2. The number of hydrogen-bond donors (Lipinski definition) is 3. The summed E-state index contributed by atoms with van der Waals surface area (Å²) >= 11 is 0. The zero-order valence-electron chi connectivity index (χ0n) is 33.3. The lowest BCUT2D eigenvalue weighted by molar-refractivity contribution is -0.122. The molecule has 0 radical (unpaired) electrons. The molecule has 51 heavy (non-hydrogen) atoms. The van der Waals surface area contributed by atoms with Crippen molar-refractivity contribution < 1.29 is 15.0 Å². The van der Waals surface area contributed by atoms with Crippen LogP contribution in [0.1, 0.15) is 187 Å². The molecule has 0 aromatic rings. The van der Waals surface area contributed by atoms with Crippen molar-refractivity contribution >= 4 is 5.91 Å². The van der Waals surface area contributed by atoms with Gasteiger partial charge in [-0.3, -0.25) is 4.79 Å². The molecule has 0 saturated carbocycles. The van der Waals surface area contributed by atoms with Crippen molar-refractivity contribution in [2.75, 3.05) is 6.61 Å². The lowest BCUT2D eigenvalue weighted by Crippen LogP contribution is -2.45. The van der Waals surface area contributed by atoms with Crippen LogP contribution < -0.4 is 5.32 Å². The van der Waals surface area contributed by atoms with Gasteiger partial charge in [-0.1, -0.05) is 195 Å². The minimum absolute atomic E-state index is 0.161. The average Bonchev–Trinajstić information content (AvgIpc) is 3.13. The number of aliphatic hydroxyl groups is 2. The maximum atomic E-state index is 12.3. The van der Waals surface area contributed by atoms with Gasteiger partial charge < -0.3 is 15.5 Å². The predicted molar refractivity (Wildman–Crippen MR) is 225 cm³/mol. The first-order valence-corrected chi connectivity index (χ1v) is 21.3. The Morgan fingerprint density at radius 1 is 0.490 bits per heavy atom. The van der Waals surface area contributed by atoms with Gasteiger partial charge >= 0.3 is 0 Å². The smallest absolute Gasteiger partial charge is 0.220 e. The molecule has 0 heterocycles. The second kappa shape index (κ2) is 42.0. The number of carbonyl (C=O) groups is 1. The molecule has 0 aromatic heterocycles. The summed E-state index contributed by atoms with van der Waals surface area (Å²) in [6.07, 6.45) is 61.4. The van der Waals surface area contributed by atoms with Crippen LogP contribution in [0.3, 0.4) is 0 Å². The van der Waals surface area contributed by atoms with E-state index in [2.05, 4.69) is 86.0 Å². The molecule has 0 spiro atoms. The molecule has 4 nitrogen and oxygen atoms in total. The summed E-state index contributed by atoms with van der Waals surface area (Å²) in [6, 6.07) is -0.687. The van der Waals surface area contributed by atoms with Crippen molar-refractivity contribution in [3.8, 4) is 0 Å². The van der Waals surface area contributed by atoms with Crippen molar-refractivity contribution in [1.82, 2.24) is 5.32 Å². The van der Waals surface area contributed by atoms with Gasteiger partial charge in [-0.15, -0.1) is 0 Å². The van der Waals surface area contributed by atoms with E-state index in [9.17, 15) is 15.0 Å². The molecule has 0 aliphatic rings. The maximum Gasteiger partial charge on any atom is 0.220 e. The van der Waals surface area contributed by atoms with Crippen LogP contribution in [-0.2, 0) is 4.79 Å². The largest absolute Gasteiger partial charge is 0.394 e. The van der Waals surface area contributed by atoms with E-state index in [4.69, 9.17) is 0 Å². The summed E-state index contributed by atoms with van der Waals surface area (Å²) in [5.74, 6) is -0.161. The number of rotatable bonds is 37. The first-order valence-electron chi connectivity index (χ1n) is 21.3. The summed E-state index contributed by atoms with van der Waals surface area (Å²) < 4.78 is 0. The standard InChI is InChI=1S/C47H81NO3/c1-3-5-7-9-11-13-15-17-18-19-20-21-22-23-24-25-26-27-28-29-31-32-34-36-38-40-42-46(50)45(44-49)48-47(51)43-41-39-37-35-33-30-16-14-12-10-8-6-4-2/h6,8,12,14,27-28,30,32-34,37,39-40,42,45-46,49-50H,3-5,7,9-11,13,15-26,29,31,35-36,38,41,43-44H2,1-2H3,(H,48,51)/b8-6-,14-12-,28-27+,33-30-,34-32+,39-37-,42-40+. The van der Waals surface area contributed by atoms with Crippen LogP contribution in [0.25, 0.3) is 0 Å². The highest BCUT2D eigenvalue weighted by atomic mass is 16.3. The number of carbonyl (C=O) groups excluding carboxylic acids is 1. The highest BCUT2D eigenvalue weighted by Crippen LogP contribution is 2.14. The molecule has 1 amide bonds. The summed E-state index contributed by atoms with van der Waals surface area (Å²) in [5.41, 5.74) is 0. The molecular formula is C47H81NO3. The molecule has 0 saturated heterocycles. The lowest BCUT2D eigenvalue weighted by Gasteiger charge is -2.19. The number of amides is 1. The van der Waals surface area contributed by atoms with Crippen LogP contribution in [0.2, 0.25) is 0 Å². The van der Waals surface area contributed by atoms with Gasteiger partial charge in [0.1, 0.15) is 0 Å². The Balaban J connectivity index is 3.71. The van der Waals surface area contributed by atoms with Gasteiger partial charge in [-0.05, 0) is 70.6 Å². The van der Waals surface area contributed by atoms with E-state index in [1.54, 1.807) is 6.08 Å². The van der Waals surface area contributed by atoms with Gasteiger partial charge in [0, 0.05) is 6.42 Å². The third kappa shape index (κ3) is 38.6. The van der Waals surface area contributed by atoms with Crippen molar-refractivity contribution in [3.05, 3.63) is 85.1 Å². The molecule has 0 rings (SSSR count). The Labute approximate surface area is 316 Å². The van der Waals surface area contributed by atoms with Crippen LogP contribution in [0, 0.1) is 0 Å². The maximum absolute atomic E-state index is 12.3. The molecule has 0 fully saturated rings. The Morgan fingerprint density at radius 3 is 1.35 bits per heavy atom. The summed E-state index contributed by atoms with van der Waals surface area (Å²) in [7, 11) is 0. The van der Waals surface area contributed by atoms with E-state index in [1.807, 2.05) is 12.2 Å². The number of allylic oxidation sites excluding steroid dienone is 13. The van der Waals surface area contributed by atoms with Gasteiger partial charge in [-0.25, -0.2) is 0 Å². The minimum atomic E-state index is -0.903. The van der Waals surface area contributed by atoms with E-state index >= 15 is 0 Å². The first kappa shape index (κ1) is 48.6. The third-order valence-electron chi connectivity index (χ3n) is 9.10. The molecule has 0 bridgehead atoms. The molecule has 0 aliphatic heterocycles. The number of unbranched alkanes of at least 4 members (excludes halogenated alkanes) is 18. The van der Waals surface area contributed by atoms with Gasteiger partial charge in [0.05, 0.1) is 18.8 Å². The Morgan fingerprint density at radius 2 is 0.882 bits per heavy atom. The Kier molecular flexibility index (Phi) is 40.0. The summed E-state index contributed by atoms with van der Waals surface area (Å²) in [4.78, 5) is 12.3. The van der Waals surface area contributed by atoms with Gasteiger partial charge in [-0.2, -0.15) is 0 Å². The Bertz CT molecular complexity index is 941. The van der Waals surface area contributed by atoms with Crippen molar-refractivity contribution in [2.24, 2.45) is 0 Å². The quantitative estimate of drug-likeness (QED) is 0.0445. The Hall–Kier alpha value is -2.43. The van der Waals surface area contributed by atoms with E-state index in [0.29, 0.717) is 12.8 Å². The molecule has 4 heteroatoms. The zero-order valence-corrected chi connectivity index (χ0v) is 33.3. The normalized spacial score (nSPS) is 13.9. The van der Waals surface area contributed by atoms with Crippen molar-refractivity contribution in [2.45, 2.75) is 199 Å². The van der Waals surface area contributed by atoms with Gasteiger partial charge in [0.2, 0.25) is 5.91 Å². The number of nitrogens with one attached hydrogen (secondary N) is 1. The second-order valence-electron chi connectivity index (χ2n) is 14.0. The predicted octanol–water partition coefficient (Wildman–Crippen LogP) is 13.3. The minimum Gasteiger partial charge on any atom is -0.394 e. The summed E-state index contributed by atoms with van der Waals surface area (Å²) in [5, 5.41) is 22.8. The van der Waals surface area contributed by atoms with Crippen LogP contribution in [0.5, 0.6) is 0 Å². The SMILES string of the molecule is CC/C=C\C/C=C\C/C=C\C/C=C\CCC(=O)NC(CO)C(O)/C=C/CC/C=C/CC/C=C/CCCCCCCCCCCCCCCCCC. The monoisotopic (exact) mass is 708 g/mol. The molecule has 0 aliphatic carbocycles. The fraction of sp³-hybridized carbons (Fsp3) is 0.681. The van der Waals surface area contributed by atoms with Gasteiger partial charge in [0.15, 0.2) is 0 Å². The van der Waals surface area contributed by atoms with Crippen LogP contribution in [-0.4, -0.2) is 34.9 Å². The van der Waals surface area contributed by atoms with Crippen molar-refractivity contribution in [1.29, 1.82) is 0 Å². The molecule has 0 aromatic carbocycles. The second-order valence-corrected chi connectivity index (χ2v) is 14.0. The lowest BCUT2D eigenvalue weighted by atomic mass is 10.0. The van der Waals surface area contributed by atoms with Gasteiger partial charge in [0.25, 0.3) is 0 Å². The van der Waals surface area contributed by atoms with E-state index < -0.39 is 12.1 Å². The average molecular weight is 708 g/mol. The molecule has 2 unspecified atom stereocenters. The highest BCUT2D eigenvalue weighted by molar-refractivity contribution is 5.76. The van der Waals surface area contributed by atoms with Crippen LogP contribution >= 0.6 is 0 Å². The topological polar surface area (TPSA) is 69.6 Å². The third-order valence-corrected chi connectivity index (χ3v) is 9.10. The van der Waals surface area contributed by atoms with E-state index in [1.165, 1.54) is 109 Å². The molecule has 3 N–H and O–H groups in total. The molecular weight excluding hydrogens is 627 g/mol. The number of hydrogen-bond acceptors (Lipinski definition) is 3.